The molecule has 0 fully saturated rings. The summed E-state index contributed by atoms with van der Waals surface area (Å²) in [4.78, 5) is 22.0. The first-order chi connectivity index (χ1) is 12.3. The minimum atomic E-state index is -0.695. The number of allylic oxidation sites excluding steroid dienone is 1. The molecule has 5 heteroatoms. The Hall–Kier alpha value is -2.79. The van der Waals surface area contributed by atoms with Gasteiger partial charge in [-0.3, -0.25) is 4.79 Å². The van der Waals surface area contributed by atoms with Gasteiger partial charge in [0.1, 0.15) is 5.70 Å². The summed E-state index contributed by atoms with van der Waals surface area (Å²) >= 11 is 0. The van der Waals surface area contributed by atoms with Crippen LogP contribution in [0.5, 0.6) is 0 Å². The highest BCUT2D eigenvalue weighted by molar-refractivity contribution is 6.02. The first kappa shape index (κ1) is 16.7. The first-order valence-electron chi connectivity index (χ1n) is 8.67. The van der Waals surface area contributed by atoms with E-state index in [1.807, 2.05) is 38.1 Å². The maximum absolute atomic E-state index is 12.7. The van der Waals surface area contributed by atoms with E-state index in [9.17, 15) is 9.90 Å². The molecule has 26 heavy (non-hydrogen) atoms. The largest absolute Gasteiger partial charge is 0.394 e. The van der Waals surface area contributed by atoms with Crippen LogP contribution in [0, 0.1) is 6.92 Å². The second-order valence-electron chi connectivity index (χ2n) is 7.50. The molecule has 0 aromatic heterocycles. The molecule has 0 saturated heterocycles. The Kier molecular flexibility index (Phi) is 3.59. The number of carbonyl (C=O) groups is 1. The van der Waals surface area contributed by atoms with Crippen LogP contribution in [-0.4, -0.2) is 23.2 Å². The zero-order valence-electron chi connectivity index (χ0n) is 15.3. The summed E-state index contributed by atoms with van der Waals surface area (Å²) in [6.45, 7) is 7.36. The van der Waals surface area contributed by atoms with E-state index in [1.165, 1.54) is 0 Å². The van der Waals surface area contributed by atoms with Crippen LogP contribution in [0.15, 0.2) is 46.0 Å². The topological polar surface area (TPSA) is 74.0 Å². The normalized spacial score (nSPS) is 14.3. The maximum Gasteiger partial charge on any atom is 0.270 e. The van der Waals surface area contributed by atoms with E-state index in [1.54, 1.807) is 13.8 Å². The Bertz CT molecular complexity index is 1110. The quantitative estimate of drug-likeness (QED) is 0.762. The van der Waals surface area contributed by atoms with Crippen molar-refractivity contribution in [1.29, 1.82) is 0 Å². The number of carbonyl (C=O) groups excluding carboxylic acids is 1. The van der Waals surface area contributed by atoms with Gasteiger partial charge in [0.15, 0.2) is 0 Å². The zero-order chi connectivity index (χ0) is 18.6. The van der Waals surface area contributed by atoms with Crippen LogP contribution in [0.25, 0.3) is 16.7 Å². The second-order valence-corrected chi connectivity index (χ2v) is 7.50. The summed E-state index contributed by atoms with van der Waals surface area (Å²) in [7, 11) is 0. The molecule has 0 unspecified atom stereocenters. The van der Waals surface area contributed by atoms with Crippen LogP contribution in [0.1, 0.15) is 31.9 Å². The van der Waals surface area contributed by atoms with Crippen LogP contribution >= 0.6 is 0 Å². The highest BCUT2D eigenvalue weighted by atomic mass is 16.3. The number of hydrogen-bond donors (Lipinski definition) is 2. The Morgan fingerprint density at radius 1 is 1.15 bits per heavy atom. The van der Waals surface area contributed by atoms with Gasteiger partial charge in [0.2, 0.25) is 0 Å². The van der Waals surface area contributed by atoms with E-state index >= 15 is 0 Å². The fraction of sp³-hybridized carbons (Fsp3) is 0.286. The molecule has 132 valence electrons. The summed E-state index contributed by atoms with van der Waals surface area (Å²) in [5.74, 6) is -0.269. The molecule has 2 aliphatic heterocycles. The van der Waals surface area contributed by atoms with E-state index in [2.05, 4.69) is 16.4 Å². The van der Waals surface area contributed by atoms with E-state index in [-0.39, 0.29) is 12.5 Å². The number of aliphatic hydroxyl groups excluding tert-OH is 1. The van der Waals surface area contributed by atoms with Gasteiger partial charge >= 0.3 is 0 Å². The van der Waals surface area contributed by atoms with Crippen molar-refractivity contribution >= 4 is 17.2 Å². The van der Waals surface area contributed by atoms with Gasteiger partial charge in [0.05, 0.1) is 28.5 Å². The van der Waals surface area contributed by atoms with E-state index < -0.39 is 5.54 Å². The lowest BCUT2D eigenvalue weighted by Crippen LogP contribution is -2.46. The molecule has 1 amide bonds. The number of hydrogen-bond acceptors (Lipinski definition) is 4. The van der Waals surface area contributed by atoms with Gasteiger partial charge < -0.3 is 10.4 Å². The molecule has 2 aromatic carbocycles. The van der Waals surface area contributed by atoms with Crippen LogP contribution in [0.2, 0.25) is 0 Å². The Morgan fingerprint density at radius 2 is 1.88 bits per heavy atom. The van der Waals surface area contributed by atoms with Crippen LogP contribution in [0.3, 0.4) is 0 Å². The summed E-state index contributed by atoms with van der Waals surface area (Å²) in [6, 6.07) is 10.1. The molecule has 0 bridgehead atoms. The lowest BCUT2D eigenvalue weighted by atomic mass is 9.96. The van der Waals surface area contributed by atoms with Gasteiger partial charge in [-0.25, -0.2) is 9.98 Å². The molecular formula is C21H21N3O2. The molecule has 2 heterocycles. The molecule has 0 aliphatic carbocycles. The zero-order valence-corrected chi connectivity index (χ0v) is 15.3. The predicted molar refractivity (Wildman–Crippen MR) is 100 cm³/mol. The van der Waals surface area contributed by atoms with Crippen LogP contribution in [0.4, 0.5) is 5.69 Å². The molecule has 0 radical (unpaired) electrons. The van der Waals surface area contributed by atoms with E-state index in [4.69, 9.17) is 4.99 Å². The fourth-order valence-electron chi connectivity index (χ4n) is 3.57. The third-order valence-electron chi connectivity index (χ3n) is 4.97. The number of para-hydroxylation sites is 1. The molecular weight excluding hydrogens is 326 g/mol. The molecule has 2 aromatic rings. The third-order valence-corrected chi connectivity index (χ3v) is 4.97. The molecule has 5 nitrogen and oxygen atoms in total. The molecule has 0 saturated carbocycles. The van der Waals surface area contributed by atoms with Crippen molar-refractivity contribution in [2.24, 2.45) is 9.98 Å². The fourth-order valence-corrected chi connectivity index (χ4v) is 3.57. The second kappa shape index (κ2) is 5.61. The van der Waals surface area contributed by atoms with E-state index in [0.717, 1.165) is 44.2 Å². The van der Waals surface area contributed by atoms with Gasteiger partial charge in [0, 0.05) is 16.7 Å². The van der Waals surface area contributed by atoms with Crippen molar-refractivity contribution in [1.82, 2.24) is 5.32 Å². The average Bonchev–Trinajstić information content (AvgIpc) is 3.14. The average molecular weight is 347 g/mol. The smallest absolute Gasteiger partial charge is 0.270 e. The number of fused-ring (bicyclic) bond motifs is 4. The lowest BCUT2D eigenvalue weighted by molar-refractivity contribution is -0.119. The van der Waals surface area contributed by atoms with Crippen molar-refractivity contribution in [3.8, 4) is 11.1 Å². The van der Waals surface area contributed by atoms with Crippen LogP contribution in [-0.2, 0) is 4.79 Å². The minimum absolute atomic E-state index is 0.138. The van der Waals surface area contributed by atoms with Crippen molar-refractivity contribution < 1.29 is 9.90 Å². The molecule has 0 spiro atoms. The Morgan fingerprint density at radius 3 is 2.62 bits per heavy atom. The van der Waals surface area contributed by atoms with Gasteiger partial charge in [0.25, 0.3) is 5.91 Å². The summed E-state index contributed by atoms with van der Waals surface area (Å²) in [5, 5.41) is 14.0. The van der Waals surface area contributed by atoms with Crippen molar-refractivity contribution in [3.05, 3.63) is 57.9 Å². The molecule has 4 rings (SSSR count). The Labute approximate surface area is 151 Å². The number of benzene rings is 2. The number of aliphatic hydroxyl groups is 1. The van der Waals surface area contributed by atoms with Crippen molar-refractivity contribution in [3.63, 3.8) is 0 Å². The summed E-state index contributed by atoms with van der Waals surface area (Å²) in [6.07, 6.45) is 0. The molecule has 0 atom stereocenters. The minimum Gasteiger partial charge on any atom is -0.394 e. The maximum atomic E-state index is 12.7. The van der Waals surface area contributed by atoms with Crippen molar-refractivity contribution in [2.75, 3.05) is 6.61 Å². The predicted octanol–water partition coefficient (Wildman–Crippen LogP) is 2.18. The SMILES string of the molecule is CC1=C(C(=O)NC(C)(C)CO)N=c2cc3c(c(C)c21)=Nc1ccccc1-3. The summed E-state index contributed by atoms with van der Waals surface area (Å²) in [5.41, 5.74) is 5.70. The standard InChI is InChI=1S/C21H21N3O2/c1-11-17-12(2)19(20(26)24-21(3,4)10-25)23-16(17)9-14-13-7-5-6-8-15(13)22-18(11)14/h5-9,25H,10H2,1-4H3,(H,24,26). The monoisotopic (exact) mass is 347 g/mol. The van der Waals surface area contributed by atoms with Crippen LogP contribution < -0.4 is 16.0 Å². The summed E-state index contributed by atoms with van der Waals surface area (Å²) < 4.78 is 0. The van der Waals surface area contributed by atoms with E-state index in [0.29, 0.717) is 5.70 Å². The van der Waals surface area contributed by atoms with Gasteiger partial charge in [-0.15, -0.1) is 0 Å². The third kappa shape index (κ3) is 2.39. The van der Waals surface area contributed by atoms with Crippen molar-refractivity contribution in [2.45, 2.75) is 33.2 Å². The molecule has 2 aliphatic rings. The van der Waals surface area contributed by atoms with Gasteiger partial charge in [-0.05, 0) is 51.0 Å². The lowest BCUT2D eigenvalue weighted by Gasteiger charge is -2.23. The highest BCUT2D eigenvalue weighted by Gasteiger charge is 2.28. The first-order valence-corrected chi connectivity index (χ1v) is 8.67. The molecule has 2 N–H and O–H groups in total. The number of rotatable bonds is 3. The highest BCUT2D eigenvalue weighted by Crippen LogP contribution is 2.34. The number of nitrogens with one attached hydrogen (secondary N) is 1. The Balaban J connectivity index is 1.84. The number of nitrogens with zero attached hydrogens (tertiary/aromatic N) is 2. The van der Waals surface area contributed by atoms with Gasteiger partial charge in [-0.1, -0.05) is 18.2 Å². The van der Waals surface area contributed by atoms with Gasteiger partial charge in [-0.2, -0.15) is 0 Å². The number of amides is 1.